The van der Waals surface area contributed by atoms with Crippen molar-refractivity contribution < 1.29 is 104 Å². The number of anilines is 1. The Balaban J connectivity index is 0.0000246. The molecule has 4 atom stereocenters. The number of rotatable bonds is 47. The topological polar surface area (TPSA) is 512 Å². The molecule has 0 aliphatic carbocycles. The molecular formula is C70H109CuIN18O18-2. The minimum absolute atomic E-state index is 0. The fourth-order valence-corrected chi connectivity index (χ4v) is 11.7. The van der Waals surface area contributed by atoms with E-state index >= 15 is 0 Å². The molecule has 6 rings (SSSR count). The molecule has 3 aliphatic rings. The van der Waals surface area contributed by atoms with Gasteiger partial charge < -0.3 is 114 Å². The Morgan fingerprint density at radius 3 is 1.70 bits per heavy atom. The van der Waals surface area contributed by atoms with Crippen molar-refractivity contribution in [2.24, 2.45) is 5.41 Å². The molecule has 1 radical (unpaired) electrons. The fourth-order valence-electron chi connectivity index (χ4n) is 11.4. The van der Waals surface area contributed by atoms with Gasteiger partial charge in [-0.3, -0.25) is 28.8 Å². The monoisotopic (exact) mass is 1680 g/mol. The van der Waals surface area contributed by atoms with Gasteiger partial charge in [-0.25, -0.2) is 28.7 Å². The molecule has 0 spiro atoms. The third-order valence-electron chi connectivity index (χ3n) is 17.2. The number of ether oxygens (including phenoxy) is 3. The maximum absolute atomic E-state index is 13.8. The van der Waals surface area contributed by atoms with Crippen LogP contribution in [0.3, 0.4) is 0 Å². The zero-order chi connectivity index (χ0) is 77.5. The number of aromatic nitrogens is 3. The van der Waals surface area contributed by atoms with E-state index < -0.39 is 90.3 Å². The first-order valence-electron chi connectivity index (χ1n) is 36.5. The number of nitrogens with one attached hydrogen (secondary N) is 13. The number of unbranched alkanes of at least 4 members (excludes halogenated alkanes) is 3. The van der Waals surface area contributed by atoms with Crippen molar-refractivity contribution in [1.29, 1.82) is 0 Å². The number of urea groups is 2. The zero-order valence-electron chi connectivity index (χ0n) is 61.3. The molecule has 38 heteroatoms. The van der Waals surface area contributed by atoms with Gasteiger partial charge in [0.2, 0.25) is 29.5 Å². The Morgan fingerprint density at radius 2 is 1.09 bits per heavy atom. The van der Waals surface area contributed by atoms with E-state index in [2.05, 4.69) is 109 Å². The van der Waals surface area contributed by atoms with Gasteiger partial charge in [0.05, 0.1) is 58.8 Å². The molecule has 2 aromatic carbocycles. The second-order valence-electron chi connectivity index (χ2n) is 26.7. The molecule has 36 nitrogen and oxygen atoms in total. The Kier molecular flexibility index (Phi) is 45.6. The average Bonchev–Trinajstić information content (AvgIpc) is 1.66. The van der Waals surface area contributed by atoms with Crippen LogP contribution in [0.2, 0.25) is 0 Å². The van der Waals surface area contributed by atoms with Crippen molar-refractivity contribution >= 4 is 93.8 Å². The molecule has 607 valence electrons. The summed E-state index contributed by atoms with van der Waals surface area (Å²) in [7, 11) is 0. The molecule has 3 aromatic rings. The van der Waals surface area contributed by atoms with E-state index in [1.807, 2.05) is 24.3 Å². The first-order chi connectivity index (χ1) is 51.5. The van der Waals surface area contributed by atoms with Crippen LogP contribution in [0.5, 0.6) is 0 Å². The SMILES string of the molecule is CC12C[N-]CC[N-]CC(NC(=O)CCCC(=O)NCCCC[C@H](NC(=O)CCOCCOCCOCCn3cc(-c4cccc(NC(=O)NCCCC[C@H](NC(=O)N[C@@H](CCC(=O)O)C(=O)O)C(=O)O)c4)nn3)C(=O)N[C@@H](CCCCNC(=O)Cc3ccc(I)cc3)C(=O)O)(CNCCNC1)CNCCNC2.[Cu]. The van der Waals surface area contributed by atoms with Crippen molar-refractivity contribution in [3.05, 3.63) is 74.5 Å². The van der Waals surface area contributed by atoms with E-state index in [0.29, 0.717) is 121 Å². The second kappa shape index (κ2) is 53.1. The molecule has 0 unspecified atom stereocenters. The fraction of sp³-hybridized carbons (Fsp3) is 0.643. The standard InChI is InChI=1S/C70H109IN18O18.Cu/c1-69-43-72-27-30-75-46-70(47-76-31-28-73-44-69,48-77-32-29-74-45-69)86-60(92)16-9-15-58(90)78-24-5-2-12-53(63(96)83-54(64(97)98)13-3-6-25-79-61(93)40-49-17-19-51(71)20-18-49)82-59(91)23-34-105-36-38-107-39-37-106-35-33-89-42-57(87-88-89)50-10-8-11-52(41-50)81-67(103)80-26-7-4-14-55(65(99)100)84-68(104)85-56(66(101)102)21-22-62(94)95;/h8,10-11,17-20,41-42,53-56,72-73,75-76H,2-7,9,12-16,21-40,43-48H2,1H3,(H,78,90)(H,79,93)(H,82,91)(H,83,96)(H,86,92)(H,94,95)(H,97,98)(H,99,100)(H,101,102)(H2,80,81,103)(H2,84,85,104);/q-2;/t53-,54-,55-,56-,69?,70?;/m0./s1. The number of carboxylic acid groups (broad SMARTS) is 4. The van der Waals surface area contributed by atoms with Crippen LogP contribution in [-0.4, -0.2) is 268 Å². The molecule has 3 saturated heterocycles. The van der Waals surface area contributed by atoms with Crippen LogP contribution in [0.4, 0.5) is 15.3 Å². The molecule has 1 aromatic heterocycles. The summed E-state index contributed by atoms with van der Waals surface area (Å²) < 4.78 is 19.6. The van der Waals surface area contributed by atoms with Crippen LogP contribution >= 0.6 is 22.6 Å². The summed E-state index contributed by atoms with van der Waals surface area (Å²) in [5.74, 6) is -7.13. The summed E-state index contributed by atoms with van der Waals surface area (Å²) >= 11 is 2.19. The molecule has 4 heterocycles. The average molecular weight is 1680 g/mol. The molecule has 108 heavy (non-hydrogen) atoms. The predicted octanol–water partition coefficient (Wildman–Crippen LogP) is 1.38. The summed E-state index contributed by atoms with van der Waals surface area (Å²) in [6.07, 6.45) is 3.85. The molecule has 3 aliphatic heterocycles. The van der Waals surface area contributed by atoms with Crippen LogP contribution in [-0.2, 0) is 87.4 Å². The summed E-state index contributed by atoms with van der Waals surface area (Å²) in [6.45, 7) is 12.3. The van der Waals surface area contributed by atoms with Crippen molar-refractivity contribution in [3.63, 3.8) is 0 Å². The maximum atomic E-state index is 13.8. The van der Waals surface area contributed by atoms with Gasteiger partial charge >= 0.3 is 35.9 Å². The first-order valence-corrected chi connectivity index (χ1v) is 37.6. The van der Waals surface area contributed by atoms with Crippen LogP contribution in [0.25, 0.3) is 21.9 Å². The minimum Gasteiger partial charge on any atom is -0.663 e. The van der Waals surface area contributed by atoms with Gasteiger partial charge in [-0.05, 0) is 128 Å². The number of nitrogens with zero attached hydrogens (tertiary/aromatic N) is 5. The van der Waals surface area contributed by atoms with Crippen LogP contribution in [0, 0.1) is 8.99 Å². The van der Waals surface area contributed by atoms with Gasteiger partial charge in [-0.2, -0.15) is 13.1 Å². The quantitative estimate of drug-likeness (QED) is 0.0216. The van der Waals surface area contributed by atoms with Crippen LogP contribution in [0.15, 0.2) is 54.7 Å². The summed E-state index contributed by atoms with van der Waals surface area (Å²) in [5.41, 5.74) is 1.80. The number of carbonyl (C=O) groups excluding carboxylic acids is 7. The molecular weight excluding hydrogens is 1570 g/mol. The number of hydrogen-bond donors (Lipinski definition) is 17. The molecule has 17 N–H and O–H groups in total. The molecule has 9 amide bonds. The van der Waals surface area contributed by atoms with Gasteiger partial charge in [-0.15, -0.1) is 18.2 Å². The van der Waals surface area contributed by atoms with Crippen molar-refractivity contribution in [1.82, 2.24) is 78.8 Å². The van der Waals surface area contributed by atoms with E-state index in [1.54, 1.807) is 35.1 Å². The number of benzene rings is 2. The smallest absolute Gasteiger partial charge is 0.326 e. The normalized spacial score (nSPS) is 17.4. The van der Waals surface area contributed by atoms with E-state index in [9.17, 15) is 68.1 Å². The predicted molar refractivity (Wildman–Crippen MR) is 403 cm³/mol. The van der Waals surface area contributed by atoms with Gasteiger partial charge in [0.25, 0.3) is 0 Å². The number of hydrogen-bond acceptors (Lipinski definition) is 20. The summed E-state index contributed by atoms with van der Waals surface area (Å²) in [6, 6.07) is 7.59. The van der Waals surface area contributed by atoms with E-state index in [0.717, 1.165) is 35.3 Å². The van der Waals surface area contributed by atoms with Gasteiger partial charge in [0.1, 0.15) is 29.9 Å². The van der Waals surface area contributed by atoms with Gasteiger partial charge in [0, 0.05) is 135 Å². The summed E-state index contributed by atoms with van der Waals surface area (Å²) in [4.78, 5) is 138. The van der Waals surface area contributed by atoms with E-state index in [-0.39, 0.29) is 144 Å². The number of amides is 9. The first kappa shape index (κ1) is 92.6. The van der Waals surface area contributed by atoms with Crippen LogP contribution < -0.4 is 69.1 Å². The zero-order valence-corrected chi connectivity index (χ0v) is 64.4. The second-order valence-corrected chi connectivity index (χ2v) is 27.9. The van der Waals surface area contributed by atoms with Crippen molar-refractivity contribution in [3.8, 4) is 11.3 Å². The Hall–Kier alpha value is -7.76. The number of fused-ring (bicyclic) bond motifs is 15. The van der Waals surface area contributed by atoms with Gasteiger partial charge in [-0.1, -0.05) is 36.4 Å². The Labute approximate surface area is 653 Å². The molecule has 0 saturated carbocycles. The summed E-state index contributed by atoms with van der Waals surface area (Å²) in [5, 5.41) is 93.9. The molecule has 2 bridgehead atoms. The maximum Gasteiger partial charge on any atom is 0.326 e. The van der Waals surface area contributed by atoms with Crippen molar-refractivity contribution in [2.45, 2.75) is 146 Å². The van der Waals surface area contributed by atoms with Gasteiger partial charge in [0.15, 0.2) is 0 Å². The number of carboxylic acids is 4. The molecule has 3 fully saturated rings. The number of halogens is 1. The largest absolute Gasteiger partial charge is 0.663 e. The van der Waals surface area contributed by atoms with E-state index in [4.69, 9.17) is 30.0 Å². The number of carbonyl (C=O) groups is 11. The Bertz CT molecular complexity index is 3210. The minimum atomic E-state index is -1.53. The van der Waals surface area contributed by atoms with E-state index in [1.165, 1.54) is 0 Å². The number of aliphatic carboxylic acids is 4. The Morgan fingerprint density at radius 1 is 0.556 bits per heavy atom. The third-order valence-corrected chi connectivity index (χ3v) is 18.0. The van der Waals surface area contributed by atoms with Crippen molar-refractivity contribution in [2.75, 3.05) is 143 Å². The third kappa shape index (κ3) is 40.1. The van der Waals surface area contributed by atoms with Crippen LogP contribution in [0.1, 0.15) is 109 Å².